The minimum Gasteiger partial charge on any atom is -0.281 e. The minimum absolute atomic E-state index is 0.727. The highest BCUT2D eigenvalue weighted by molar-refractivity contribution is 8.13. The van der Waals surface area contributed by atoms with Crippen molar-refractivity contribution in [1.29, 1.82) is 5.26 Å². The van der Waals surface area contributed by atoms with Gasteiger partial charge in [-0.15, -0.1) is 11.8 Å². The van der Waals surface area contributed by atoms with Crippen LogP contribution in [0.15, 0.2) is 23.2 Å². The Morgan fingerprint density at radius 2 is 2.21 bits per heavy atom. The van der Waals surface area contributed by atoms with Crippen LogP contribution in [0.25, 0.3) is 0 Å². The van der Waals surface area contributed by atoms with Crippen LogP contribution in [-0.2, 0) is 0 Å². The molecule has 1 aromatic carbocycles. The van der Waals surface area contributed by atoms with Crippen LogP contribution in [0.2, 0.25) is 0 Å². The van der Waals surface area contributed by atoms with Crippen LogP contribution in [0.5, 0.6) is 0 Å². The average Bonchev–Trinajstić information content (AvgIpc) is 2.20. The molecule has 0 spiro atoms. The van der Waals surface area contributed by atoms with Gasteiger partial charge in [-0.05, 0) is 30.9 Å². The molecule has 72 valence electrons. The third-order valence-corrected chi connectivity index (χ3v) is 2.80. The van der Waals surface area contributed by atoms with Crippen molar-refractivity contribution in [2.45, 2.75) is 6.92 Å². The van der Waals surface area contributed by atoms with Gasteiger partial charge in [0.25, 0.3) is 0 Å². The van der Waals surface area contributed by atoms with Gasteiger partial charge in [-0.1, -0.05) is 6.07 Å². The molecule has 0 saturated heterocycles. The zero-order valence-electron chi connectivity index (χ0n) is 8.53. The van der Waals surface area contributed by atoms with Gasteiger partial charge in [0.15, 0.2) is 0 Å². The van der Waals surface area contributed by atoms with Gasteiger partial charge in [-0.3, -0.25) is 4.99 Å². The number of hydrogen-bond donors (Lipinski definition) is 0. The zero-order valence-corrected chi connectivity index (χ0v) is 9.35. The molecule has 0 aliphatic rings. The van der Waals surface area contributed by atoms with E-state index in [2.05, 4.69) is 11.1 Å². The number of hydrogen-bond acceptors (Lipinski definition) is 3. The van der Waals surface area contributed by atoms with Crippen molar-refractivity contribution in [3.05, 3.63) is 34.9 Å². The highest BCUT2D eigenvalue weighted by atomic mass is 32.2. The second kappa shape index (κ2) is 4.83. The smallest absolute Gasteiger partial charge is 0.0994 e. The lowest BCUT2D eigenvalue weighted by molar-refractivity contribution is 1.38. The molecule has 3 heteroatoms. The second-order valence-corrected chi connectivity index (χ2v) is 3.67. The van der Waals surface area contributed by atoms with Crippen LogP contribution in [0.4, 0.5) is 0 Å². The molecular weight excluding hydrogens is 192 g/mol. The molecule has 0 N–H and O–H groups in total. The van der Waals surface area contributed by atoms with Crippen LogP contribution < -0.4 is 0 Å². The fourth-order valence-electron chi connectivity index (χ4n) is 1.26. The standard InChI is InChI=1S/C11H12N2S/c1-8-6-9(11(13-2)14-3)4-5-10(8)7-12/h4-6H,1-3H3. The maximum absolute atomic E-state index is 8.78. The quantitative estimate of drug-likeness (QED) is 0.520. The fraction of sp³-hybridized carbons (Fsp3) is 0.273. The van der Waals surface area contributed by atoms with Gasteiger partial charge in [0.05, 0.1) is 16.7 Å². The lowest BCUT2D eigenvalue weighted by Crippen LogP contribution is -1.96. The second-order valence-electron chi connectivity index (χ2n) is 2.87. The molecule has 0 aliphatic carbocycles. The van der Waals surface area contributed by atoms with Crippen molar-refractivity contribution >= 4 is 16.8 Å². The van der Waals surface area contributed by atoms with E-state index >= 15 is 0 Å². The van der Waals surface area contributed by atoms with Gasteiger partial charge in [0.2, 0.25) is 0 Å². The predicted molar refractivity (Wildman–Crippen MR) is 61.9 cm³/mol. The third kappa shape index (κ3) is 2.15. The lowest BCUT2D eigenvalue weighted by atomic mass is 10.1. The van der Waals surface area contributed by atoms with Gasteiger partial charge in [-0.25, -0.2) is 0 Å². The van der Waals surface area contributed by atoms with E-state index in [0.717, 1.165) is 21.7 Å². The third-order valence-electron chi connectivity index (χ3n) is 1.99. The molecule has 1 rings (SSSR count). The molecule has 0 aliphatic heterocycles. The van der Waals surface area contributed by atoms with Crippen molar-refractivity contribution in [3.8, 4) is 6.07 Å². The molecule has 0 bridgehead atoms. The van der Waals surface area contributed by atoms with E-state index < -0.39 is 0 Å². The van der Waals surface area contributed by atoms with E-state index in [1.165, 1.54) is 0 Å². The Hall–Kier alpha value is -1.27. The van der Waals surface area contributed by atoms with Crippen molar-refractivity contribution in [2.75, 3.05) is 13.3 Å². The van der Waals surface area contributed by atoms with Crippen LogP contribution in [0.1, 0.15) is 16.7 Å². The molecular formula is C11H12N2S. The molecule has 0 heterocycles. The first-order chi connectivity index (χ1) is 6.72. The molecule has 14 heavy (non-hydrogen) atoms. The summed E-state index contributed by atoms with van der Waals surface area (Å²) in [6.07, 6.45) is 2.00. The Balaban J connectivity index is 3.16. The molecule has 0 unspecified atom stereocenters. The van der Waals surface area contributed by atoms with Crippen molar-refractivity contribution in [3.63, 3.8) is 0 Å². The molecule has 0 aromatic heterocycles. The summed E-state index contributed by atoms with van der Waals surface area (Å²) in [6, 6.07) is 7.92. The number of nitriles is 1. The number of aryl methyl sites for hydroxylation is 1. The number of nitrogens with zero attached hydrogens (tertiary/aromatic N) is 2. The summed E-state index contributed by atoms with van der Waals surface area (Å²) in [5, 5.41) is 9.77. The molecule has 0 fully saturated rings. The van der Waals surface area contributed by atoms with Crippen LogP contribution in [0.3, 0.4) is 0 Å². The van der Waals surface area contributed by atoms with Gasteiger partial charge in [0, 0.05) is 12.6 Å². The summed E-state index contributed by atoms with van der Waals surface area (Å²) < 4.78 is 0. The zero-order chi connectivity index (χ0) is 10.6. The summed E-state index contributed by atoms with van der Waals surface area (Å²) >= 11 is 1.61. The summed E-state index contributed by atoms with van der Waals surface area (Å²) in [5.41, 5.74) is 2.81. The normalized spacial score (nSPS) is 11.1. The first-order valence-corrected chi connectivity index (χ1v) is 5.47. The average molecular weight is 204 g/mol. The molecule has 0 atom stereocenters. The highest BCUT2D eigenvalue weighted by Gasteiger charge is 2.03. The molecule has 0 amide bonds. The maximum Gasteiger partial charge on any atom is 0.0994 e. The van der Waals surface area contributed by atoms with E-state index in [4.69, 9.17) is 5.26 Å². The van der Waals surface area contributed by atoms with Crippen molar-refractivity contribution in [2.24, 2.45) is 4.99 Å². The minimum atomic E-state index is 0.727. The van der Waals surface area contributed by atoms with Gasteiger partial charge >= 0.3 is 0 Å². The Labute approximate surface area is 88.7 Å². The van der Waals surface area contributed by atoms with E-state index in [0.29, 0.717) is 0 Å². The number of rotatable bonds is 1. The first-order valence-electron chi connectivity index (χ1n) is 4.24. The van der Waals surface area contributed by atoms with E-state index in [9.17, 15) is 0 Å². The fourth-order valence-corrected chi connectivity index (χ4v) is 1.81. The van der Waals surface area contributed by atoms with Gasteiger partial charge in [0.1, 0.15) is 0 Å². The number of aliphatic imine (C=N–C) groups is 1. The Morgan fingerprint density at radius 3 is 2.64 bits per heavy atom. The van der Waals surface area contributed by atoms with Crippen LogP contribution in [0, 0.1) is 18.3 Å². The van der Waals surface area contributed by atoms with E-state index in [1.54, 1.807) is 18.8 Å². The molecule has 0 saturated carbocycles. The number of benzene rings is 1. The summed E-state index contributed by atoms with van der Waals surface area (Å²) in [4.78, 5) is 4.17. The first kappa shape index (κ1) is 10.8. The lowest BCUT2D eigenvalue weighted by Gasteiger charge is -2.04. The van der Waals surface area contributed by atoms with Crippen molar-refractivity contribution < 1.29 is 0 Å². The van der Waals surface area contributed by atoms with Crippen molar-refractivity contribution in [1.82, 2.24) is 0 Å². The Kier molecular flexibility index (Phi) is 3.73. The maximum atomic E-state index is 8.78. The monoisotopic (exact) mass is 204 g/mol. The topological polar surface area (TPSA) is 36.1 Å². The molecule has 0 radical (unpaired) electrons. The van der Waals surface area contributed by atoms with Gasteiger partial charge in [-0.2, -0.15) is 5.26 Å². The largest absolute Gasteiger partial charge is 0.281 e. The summed E-state index contributed by atoms with van der Waals surface area (Å²) in [6.45, 7) is 1.94. The molecule has 2 nitrogen and oxygen atoms in total. The van der Waals surface area contributed by atoms with Gasteiger partial charge < -0.3 is 0 Å². The Morgan fingerprint density at radius 1 is 1.50 bits per heavy atom. The predicted octanol–water partition coefficient (Wildman–Crippen LogP) is 2.61. The van der Waals surface area contributed by atoms with E-state index in [1.807, 2.05) is 31.4 Å². The Bertz CT molecular complexity index is 402. The highest BCUT2D eigenvalue weighted by Crippen LogP contribution is 2.15. The number of thioether (sulfide) groups is 1. The van der Waals surface area contributed by atoms with Crippen LogP contribution in [-0.4, -0.2) is 18.3 Å². The molecule has 1 aromatic rings. The van der Waals surface area contributed by atoms with Crippen LogP contribution >= 0.6 is 11.8 Å². The SMILES string of the molecule is CN=C(SC)c1ccc(C#N)c(C)c1. The van der Waals surface area contributed by atoms with E-state index in [-0.39, 0.29) is 0 Å². The summed E-state index contributed by atoms with van der Waals surface area (Å²) in [7, 11) is 1.78. The summed E-state index contributed by atoms with van der Waals surface area (Å²) in [5.74, 6) is 0.